The van der Waals surface area contributed by atoms with Gasteiger partial charge >= 0.3 is 5.97 Å². The molecule has 1 aliphatic rings. The Labute approximate surface area is 129 Å². The number of nitrogens with one attached hydrogen (secondary N) is 1. The van der Waals surface area contributed by atoms with Crippen LogP contribution in [0.4, 0.5) is 0 Å². The molecule has 1 rings (SSSR count). The quantitative estimate of drug-likeness (QED) is 0.492. The summed E-state index contributed by atoms with van der Waals surface area (Å²) in [6, 6.07) is 0.196. The molecule has 0 aliphatic heterocycles. The molecular formula is C17H31NO3. The fourth-order valence-corrected chi connectivity index (χ4v) is 3.00. The number of hydrogen-bond donors (Lipinski definition) is 1. The van der Waals surface area contributed by atoms with Crippen molar-refractivity contribution in [2.45, 2.75) is 72.8 Å². The standard InChI is InChI=1S/C17H31NO3/c1-6-21-16(20)14(17(3,4)5)15(19)18-13-9-7-8-12(2)10-11-13/h12-14H,6-11H2,1-5H3,(H,18,19). The van der Waals surface area contributed by atoms with E-state index in [1.807, 2.05) is 20.8 Å². The maximum absolute atomic E-state index is 12.6. The van der Waals surface area contributed by atoms with Gasteiger partial charge in [-0.25, -0.2) is 0 Å². The zero-order chi connectivity index (χ0) is 16.0. The monoisotopic (exact) mass is 297 g/mol. The van der Waals surface area contributed by atoms with Crippen molar-refractivity contribution in [3.8, 4) is 0 Å². The first-order chi connectivity index (χ1) is 9.75. The average Bonchev–Trinajstić information content (AvgIpc) is 2.53. The molecule has 4 heteroatoms. The van der Waals surface area contributed by atoms with E-state index in [-0.39, 0.29) is 11.9 Å². The summed E-state index contributed by atoms with van der Waals surface area (Å²) in [6.07, 6.45) is 5.53. The lowest BCUT2D eigenvalue weighted by molar-refractivity contribution is -0.156. The van der Waals surface area contributed by atoms with E-state index in [4.69, 9.17) is 4.74 Å². The van der Waals surface area contributed by atoms with Crippen LogP contribution in [-0.2, 0) is 14.3 Å². The minimum absolute atomic E-state index is 0.180. The van der Waals surface area contributed by atoms with Gasteiger partial charge in [0.1, 0.15) is 5.92 Å². The summed E-state index contributed by atoms with van der Waals surface area (Å²) in [5.74, 6) is -0.599. The first kappa shape index (κ1) is 18.0. The fraction of sp³-hybridized carbons (Fsp3) is 0.882. The maximum atomic E-state index is 12.6. The van der Waals surface area contributed by atoms with E-state index >= 15 is 0 Å². The Morgan fingerprint density at radius 1 is 1.19 bits per heavy atom. The molecule has 0 aromatic heterocycles. The summed E-state index contributed by atoms with van der Waals surface area (Å²) in [6.45, 7) is 10.1. The van der Waals surface area contributed by atoms with Gasteiger partial charge in [-0.1, -0.05) is 40.5 Å². The van der Waals surface area contributed by atoms with Gasteiger partial charge in [0, 0.05) is 6.04 Å². The van der Waals surface area contributed by atoms with E-state index in [0.29, 0.717) is 6.61 Å². The second kappa shape index (κ2) is 7.81. The van der Waals surface area contributed by atoms with Crippen molar-refractivity contribution < 1.29 is 14.3 Å². The second-order valence-electron chi connectivity index (χ2n) is 7.37. The van der Waals surface area contributed by atoms with E-state index in [9.17, 15) is 9.59 Å². The number of esters is 1. The van der Waals surface area contributed by atoms with E-state index in [2.05, 4.69) is 12.2 Å². The molecule has 0 heterocycles. The van der Waals surface area contributed by atoms with Gasteiger partial charge in [-0.2, -0.15) is 0 Å². The number of rotatable bonds is 4. The van der Waals surface area contributed by atoms with Crippen molar-refractivity contribution >= 4 is 11.9 Å². The highest BCUT2D eigenvalue weighted by Crippen LogP contribution is 2.29. The predicted molar refractivity (Wildman–Crippen MR) is 83.8 cm³/mol. The van der Waals surface area contributed by atoms with Gasteiger partial charge < -0.3 is 10.1 Å². The lowest BCUT2D eigenvalue weighted by Gasteiger charge is -2.29. The molecular weight excluding hydrogens is 266 g/mol. The molecule has 0 saturated heterocycles. The Balaban J connectivity index is 2.70. The van der Waals surface area contributed by atoms with Crippen molar-refractivity contribution in [2.24, 2.45) is 17.3 Å². The number of amides is 1. The van der Waals surface area contributed by atoms with Crippen LogP contribution in [0.3, 0.4) is 0 Å². The molecule has 4 nitrogen and oxygen atoms in total. The lowest BCUT2D eigenvalue weighted by atomic mass is 9.80. The molecule has 0 aromatic carbocycles. The summed E-state index contributed by atoms with van der Waals surface area (Å²) in [5, 5.41) is 3.09. The molecule has 1 fully saturated rings. The van der Waals surface area contributed by atoms with Gasteiger partial charge in [0.25, 0.3) is 0 Å². The summed E-state index contributed by atoms with van der Waals surface area (Å²) in [4.78, 5) is 24.7. The summed E-state index contributed by atoms with van der Waals surface area (Å²) in [5.41, 5.74) is -0.436. The van der Waals surface area contributed by atoms with E-state index in [1.54, 1.807) is 6.92 Å². The van der Waals surface area contributed by atoms with Crippen molar-refractivity contribution in [3.05, 3.63) is 0 Å². The van der Waals surface area contributed by atoms with Gasteiger partial charge in [0.15, 0.2) is 0 Å². The normalized spacial score (nSPS) is 24.8. The molecule has 0 aromatic rings. The first-order valence-electron chi connectivity index (χ1n) is 8.22. The smallest absolute Gasteiger partial charge is 0.319 e. The van der Waals surface area contributed by atoms with Crippen molar-refractivity contribution in [2.75, 3.05) is 6.61 Å². The molecule has 3 atom stereocenters. The lowest BCUT2D eigenvalue weighted by Crippen LogP contribution is -2.47. The zero-order valence-corrected chi connectivity index (χ0v) is 14.2. The summed E-state index contributed by atoms with van der Waals surface area (Å²) < 4.78 is 5.08. The molecule has 0 bridgehead atoms. The van der Waals surface area contributed by atoms with Crippen LogP contribution in [0.5, 0.6) is 0 Å². The van der Waals surface area contributed by atoms with E-state index in [0.717, 1.165) is 31.6 Å². The molecule has 0 spiro atoms. The van der Waals surface area contributed by atoms with Crippen molar-refractivity contribution in [1.82, 2.24) is 5.32 Å². The molecule has 1 amide bonds. The minimum Gasteiger partial charge on any atom is -0.465 e. The number of ether oxygens (including phenoxy) is 1. The fourth-order valence-electron chi connectivity index (χ4n) is 3.00. The Hall–Kier alpha value is -1.06. The molecule has 21 heavy (non-hydrogen) atoms. The molecule has 1 saturated carbocycles. The zero-order valence-electron chi connectivity index (χ0n) is 14.2. The highest BCUT2D eigenvalue weighted by atomic mass is 16.5. The first-order valence-corrected chi connectivity index (χ1v) is 8.22. The molecule has 122 valence electrons. The summed E-state index contributed by atoms with van der Waals surface area (Å²) >= 11 is 0. The average molecular weight is 297 g/mol. The largest absolute Gasteiger partial charge is 0.465 e. The van der Waals surface area contributed by atoms with E-state index in [1.165, 1.54) is 6.42 Å². The van der Waals surface area contributed by atoms with Crippen LogP contribution in [0.1, 0.15) is 66.7 Å². The van der Waals surface area contributed by atoms with Crippen LogP contribution in [0, 0.1) is 17.3 Å². The highest BCUT2D eigenvalue weighted by Gasteiger charge is 2.39. The Bertz CT molecular complexity index is 360. The Morgan fingerprint density at radius 2 is 1.86 bits per heavy atom. The highest BCUT2D eigenvalue weighted by molar-refractivity contribution is 5.98. The Morgan fingerprint density at radius 3 is 2.43 bits per heavy atom. The maximum Gasteiger partial charge on any atom is 0.319 e. The summed E-state index contributed by atoms with van der Waals surface area (Å²) in [7, 11) is 0. The minimum atomic E-state index is -0.738. The SMILES string of the molecule is CCOC(=O)C(C(=O)NC1CCCC(C)CC1)C(C)(C)C. The van der Waals surface area contributed by atoms with Gasteiger partial charge in [-0.3, -0.25) is 9.59 Å². The second-order valence-corrected chi connectivity index (χ2v) is 7.37. The molecule has 3 unspecified atom stereocenters. The third-order valence-corrected chi connectivity index (χ3v) is 4.25. The Kier molecular flexibility index (Phi) is 6.69. The third-order valence-electron chi connectivity index (χ3n) is 4.25. The van der Waals surface area contributed by atoms with Gasteiger partial charge in [-0.05, 0) is 37.5 Å². The van der Waals surface area contributed by atoms with Crippen LogP contribution >= 0.6 is 0 Å². The predicted octanol–water partition coefficient (Wildman–Crippen LogP) is 3.30. The number of carbonyl (C=O) groups excluding carboxylic acids is 2. The van der Waals surface area contributed by atoms with Crippen molar-refractivity contribution in [3.63, 3.8) is 0 Å². The van der Waals surface area contributed by atoms with Crippen LogP contribution in [0.15, 0.2) is 0 Å². The number of hydrogen-bond acceptors (Lipinski definition) is 3. The number of carbonyl (C=O) groups is 2. The van der Waals surface area contributed by atoms with E-state index < -0.39 is 17.3 Å². The van der Waals surface area contributed by atoms with Crippen LogP contribution in [0.25, 0.3) is 0 Å². The van der Waals surface area contributed by atoms with Crippen LogP contribution in [-0.4, -0.2) is 24.5 Å². The van der Waals surface area contributed by atoms with Crippen LogP contribution < -0.4 is 5.32 Å². The molecule has 1 aliphatic carbocycles. The van der Waals surface area contributed by atoms with Crippen LogP contribution in [0.2, 0.25) is 0 Å². The van der Waals surface area contributed by atoms with Gasteiger partial charge in [-0.15, -0.1) is 0 Å². The van der Waals surface area contributed by atoms with Crippen molar-refractivity contribution in [1.29, 1.82) is 0 Å². The molecule has 0 radical (unpaired) electrons. The third kappa shape index (κ3) is 5.68. The van der Waals surface area contributed by atoms with Gasteiger partial charge in [0.2, 0.25) is 5.91 Å². The van der Waals surface area contributed by atoms with Gasteiger partial charge in [0.05, 0.1) is 6.61 Å². The molecule has 1 N–H and O–H groups in total. The topological polar surface area (TPSA) is 55.4 Å².